The molecular weight excluding hydrogens is 302 g/mol. The molecule has 0 spiro atoms. The van der Waals surface area contributed by atoms with Gasteiger partial charge in [0.05, 0.1) is 17.1 Å². The molecule has 1 aromatic carbocycles. The van der Waals surface area contributed by atoms with Crippen LogP contribution in [-0.2, 0) is 21.4 Å². The summed E-state index contributed by atoms with van der Waals surface area (Å²) < 4.78 is 32.2. The molecule has 2 N–H and O–H groups in total. The van der Waals surface area contributed by atoms with Crippen molar-refractivity contribution in [2.75, 3.05) is 13.2 Å². The van der Waals surface area contributed by atoms with Gasteiger partial charge < -0.3 is 9.84 Å². The van der Waals surface area contributed by atoms with Crippen molar-refractivity contribution in [2.45, 2.75) is 37.9 Å². The summed E-state index contributed by atoms with van der Waals surface area (Å²) in [6.45, 7) is 5.89. The third kappa shape index (κ3) is 4.71. The fourth-order valence-corrected chi connectivity index (χ4v) is 3.15. The van der Waals surface area contributed by atoms with Crippen molar-refractivity contribution in [3.05, 3.63) is 28.8 Å². The van der Waals surface area contributed by atoms with E-state index in [1.807, 2.05) is 6.92 Å². The standard InChI is InChI=1S/C13H20ClNO4S/c1-4-19-13(2,3)9-15-20(17,18)11-6-5-10(8-16)12(14)7-11/h5-7,15-16H,4,8-9H2,1-3H3. The Balaban J connectivity index is 2.87. The Labute approximate surface area is 125 Å². The Bertz CT molecular complexity index is 557. The van der Waals surface area contributed by atoms with Crippen LogP contribution in [0.15, 0.2) is 23.1 Å². The molecule has 0 fully saturated rings. The summed E-state index contributed by atoms with van der Waals surface area (Å²) in [4.78, 5) is 0.0620. The van der Waals surface area contributed by atoms with Gasteiger partial charge in [0.2, 0.25) is 10.0 Å². The number of aliphatic hydroxyl groups excluding tert-OH is 1. The molecule has 0 amide bonds. The quantitative estimate of drug-likeness (QED) is 0.804. The first-order valence-corrected chi connectivity index (χ1v) is 8.11. The van der Waals surface area contributed by atoms with Crippen molar-refractivity contribution in [2.24, 2.45) is 0 Å². The number of hydrogen-bond donors (Lipinski definition) is 2. The minimum absolute atomic E-state index is 0.0620. The number of halogens is 1. The number of sulfonamides is 1. The molecule has 1 aromatic rings. The highest BCUT2D eigenvalue weighted by Crippen LogP contribution is 2.21. The van der Waals surface area contributed by atoms with Crippen LogP contribution in [0, 0.1) is 0 Å². The Morgan fingerprint density at radius 3 is 2.55 bits per heavy atom. The van der Waals surface area contributed by atoms with Crippen molar-refractivity contribution in [1.82, 2.24) is 4.72 Å². The molecule has 0 aliphatic rings. The summed E-state index contributed by atoms with van der Waals surface area (Å²) in [5.74, 6) is 0. The summed E-state index contributed by atoms with van der Waals surface area (Å²) in [5, 5.41) is 9.24. The van der Waals surface area contributed by atoms with E-state index in [4.69, 9.17) is 21.4 Å². The minimum Gasteiger partial charge on any atom is -0.392 e. The number of nitrogens with one attached hydrogen (secondary N) is 1. The molecule has 0 atom stereocenters. The lowest BCUT2D eigenvalue weighted by Crippen LogP contribution is -2.40. The van der Waals surface area contributed by atoms with Gasteiger partial charge >= 0.3 is 0 Å². The van der Waals surface area contributed by atoms with Gasteiger partial charge in [0, 0.05) is 18.2 Å². The molecule has 114 valence electrons. The molecular formula is C13H20ClNO4S. The second-order valence-electron chi connectivity index (χ2n) is 4.93. The number of benzene rings is 1. The topological polar surface area (TPSA) is 75.6 Å². The highest BCUT2D eigenvalue weighted by atomic mass is 35.5. The first kappa shape index (κ1) is 17.4. The molecule has 0 aliphatic heterocycles. The number of aliphatic hydroxyl groups is 1. The smallest absolute Gasteiger partial charge is 0.240 e. The largest absolute Gasteiger partial charge is 0.392 e. The lowest BCUT2D eigenvalue weighted by Gasteiger charge is -2.24. The van der Waals surface area contributed by atoms with E-state index in [1.165, 1.54) is 18.2 Å². The van der Waals surface area contributed by atoms with Gasteiger partial charge in [0.1, 0.15) is 0 Å². The lowest BCUT2D eigenvalue weighted by atomic mass is 10.1. The summed E-state index contributed by atoms with van der Waals surface area (Å²) in [7, 11) is -3.66. The third-order valence-electron chi connectivity index (χ3n) is 2.73. The van der Waals surface area contributed by atoms with E-state index in [-0.39, 0.29) is 23.1 Å². The fourth-order valence-electron chi connectivity index (χ4n) is 1.62. The molecule has 0 saturated heterocycles. The maximum absolute atomic E-state index is 12.1. The van der Waals surface area contributed by atoms with Crippen LogP contribution >= 0.6 is 11.6 Å². The van der Waals surface area contributed by atoms with Crippen molar-refractivity contribution in [3.63, 3.8) is 0 Å². The number of ether oxygens (including phenoxy) is 1. The van der Waals surface area contributed by atoms with Crippen molar-refractivity contribution < 1.29 is 18.3 Å². The molecule has 7 heteroatoms. The average Bonchev–Trinajstić information content (AvgIpc) is 2.36. The molecule has 20 heavy (non-hydrogen) atoms. The third-order valence-corrected chi connectivity index (χ3v) is 4.48. The van der Waals surface area contributed by atoms with E-state index in [0.717, 1.165) is 0 Å². The first-order valence-electron chi connectivity index (χ1n) is 6.25. The number of hydrogen-bond acceptors (Lipinski definition) is 4. The normalized spacial score (nSPS) is 12.7. The van der Waals surface area contributed by atoms with E-state index in [1.54, 1.807) is 13.8 Å². The predicted molar refractivity (Wildman–Crippen MR) is 78.3 cm³/mol. The fraction of sp³-hybridized carbons (Fsp3) is 0.538. The molecule has 1 rings (SSSR count). The Hall–Kier alpha value is -0.660. The van der Waals surface area contributed by atoms with Crippen LogP contribution in [-0.4, -0.2) is 32.3 Å². The summed E-state index contributed by atoms with van der Waals surface area (Å²) in [6.07, 6.45) is 0. The summed E-state index contributed by atoms with van der Waals surface area (Å²) in [5.41, 5.74) is -0.100. The Kier molecular flexibility index (Phi) is 5.97. The van der Waals surface area contributed by atoms with Gasteiger partial charge in [-0.1, -0.05) is 17.7 Å². The van der Waals surface area contributed by atoms with E-state index in [0.29, 0.717) is 12.2 Å². The van der Waals surface area contributed by atoms with Crippen LogP contribution in [0.25, 0.3) is 0 Å². The van der Waals surface area contributed by atoms with Gasteiger partial charge in [-0.25, -0.2) is 13.1 Å². The van der Waals surface area contributed by atoms with Crippen LogP contribution in [0.3, 0.4) is 0 Å². The average molecular weight is 322 g/mol. The van der Waals surface area contributed by atoms with Crippen molar-refractivity contribution >= 4 is 21.6 Å². The van der Waals surface area contributed by atoms with Gasteiger partial charge in [-0.2, -0.15) is 0 Å². The predicted octanol–water partition coefficient (Wildman–Crippen LogP) is 1.93. The molecule has 0 aliphatic carbocycles. The molecule has 0 aromatic heterocycles. The van der Waals surface area contributed by atoms with E-state index in [2.05, 4.69) is 4.72 Å². The van der Waals surface area contributed by atoms with Crippen LogP contribution in [0.2, 0.25) is 5.02 Å². The van der Waals surface area contributed by atoms with Crippen LogP contribution in [0.1, 0.15) is 26.3 Å². The van der Waals surface area contributed by atoms with Gasteiger partial charge in [-0.15, -0.1) is 0 Å². The zero-order valence-electron chi connectivity index (χ0n) is 11.8. The minimum atomic E-state index is -3.66. The van der Waals surface area contributed by atoms with Crippen molar-refractivity contribution in [1.29, 1.82) is 0 Å². The van der Waals surface area contributed by atoms with Crippen LogP contribution in [0.5, 0.6) is 0 Å². The second kappa shape index (κ2) is 6.87. The Morgan fingerprint density at radius 1 is 1.40 bits per heavy atom. The van der Waals surface area contributed by atoms with Crippen LogP contribution in [0.4, 0.5) is 0 Å². The van der Waals surface area contributed by atoms with Gasteiger partial charge in [0.15, 0.2) is 0 Å². The Morgan fingerprint density at radius 2 is 2.05 bits per heavy atom. The van der Waals surface area contributed by atoms with E-state index >= 15 is 0 Å². The number of rotatable bonds is 7. The van der Waals surface area contributed by atoms with Gasteiger partial charge in [-0.3, -0.25) is 0 Å². The molecule has 0 bridgehead atoms. The summed E-state index contributed by atoms with van der Waals surface area (Å²) >= 11 is 5.90. The monoisotopic (exact) mass is 321 g/mol. The lowest BCUT2D eigenvalue weighted by molar-refractivity contribution is -0.00515. The SMILES string of the molecule is CCOC(C)(C)CNS(=O)(=O)c1ccc(CO)c(Cl)c1. The maximum atomic E-state index is 12.1. The highest BCUT2D eigenvalue weighted by Gasteiger charge is 2.22. The highest BCUT2D eigenvalue weighted by molar-refractivity contribution is 7.89. The van der Waals surface area contributed by atoms with E-state index < -0.39 is 15.6 Å². The zero-order valence-corrected chi connectivity index (χ0v) is 13.4. The molecule has 0 radical (unpaired) electrons. The molecule has 0 heterocycles. The molecule has 5 nitrogen and oxygen atoms in total. The molecule has 0 unspecified atom stereocenters. The van der Waals surface area contributed by atoms with Gasteiger partial charge in [-0.05, 0) is 38.5 Å². The zero-order chi connectivity index (χ0) is 15.4. The summed E-state index contributed by atoms with van der Waals surface area (Å²) in [6, 6.07) is 4.22. The molecule has 0 saturated carbocycles. The maximum Gasteiger partial charge on any atom is 0.240 e. The first-order chi connectivity index (χ1) is 9.22. The second-order valence-corrected chi connectivity index (χ2v) is 7.10. The van der Waals surface area contributed by atoms with Crippen molar-refractivity contribution in [3.8, 4) is 0 Å². The van der Waals surface area contributed by atoms with Gasteiger partial charge in [0.25, 0.3) is 0 Å². The van der Waals surface area contributed by atoms with Crippen LogP contribution < -0.4 is 4.72 Å². The van der Waals surface area contributed by atoms with E-state index in [9.17, 15) is 8.42 Å².